The molecule has 0 bridgehead atoms. The Kier molecular flexibility index (Phi) is 5.99. The summed E-state index contributed by atoms with van der Waals surface area (Å²) >= 11 is 0. The molecule has 1 rings (SSSR count). The van der Waals surface area contributed by atoms with Crippen molar-refractivity contribution in [3.63, 3.8) is 0 Å². The van der Waals surface area contributed by atoms with Gasteiger partial charge in [0.25, 0.3) is 0 Å². The molecule has 0 atom stereocenters. The molecule has 1 amide bonds. The quantitative estimate of drug-likeness (QED) is 0.451. The minimum atomic E-state index is -1.20. The maximum absolute atomic E-state index is 11.7. The van der Waals surface area contributed by atoms with Crippen molar-refractivity contribution in [2.45, 2.75) is 32.7 Å². The summed E-state index contributed by atoms with van der Waals surface area (Å²) in [6.07, 6.45) is 0.976. The first-order valence-corrected chi connectivity index (χ1v) is 6.49. The maximum atomic E-state index is 11.7. The Balaban J connectivity index is 2.55. The average Bonchev–Trinajstić information content (AvgIpc) is 2.36. The molecule has 1 aromatic rings. The number of hydrogen-bond acceptors (Lipinski definition) is 4. The summed E-state index contributed by atoms with van der Waals surface area (Å²) < 4.78 is 0. The molecule has 20 heavy (non-hydrogen) atoms. The maximum Gasteiger partial charge on any atom is 0.337 e. The third kappa shape index (κ3) is 5.27. The fourth-order valence-electron chi connectivity index (χ4n) is 1.67. The number of rotatable bonds is 7. The first-order chi connectivity index (χ1) is 9.40. The highest BCUT2D eigenvalue weighted by Gasteiger charge is 2.13. The van der Waals surface area contributed by atoms with Crippen LogP contribution in [-0.2, 0) is 4.79 Å². The zero-order valence-electron chi connectivity index (χ0n) is 11.6. The molecular weight excluding hydrogens is 260 g/mol. The van der Waals surface area contributed by atoms with Crippen LogP contribution < -0.4 is 10.6 Å². The summed E-state index contributed by atoms with van der Waals surface area (Å²) in [7, 11) is 0. The predicted molar refractivity (Wildman–Crippen MR) is 76.1 cm³/mol. The van der Waals surface area contributed by atoms with Gasteiger partial charge in [0, 0.05) is 12.5 Å². The first-order valence-electron chi connectivity index (χ1n) is 6.49. The highest BCUT2D eigenvalue weighted by Crippen LogP contribution is 2.21. The molecule has 110 valence electrons. The Labute approximate surface area is 117 Å². The molecular formula is C14H20N2O4. The summed E-state index contributed by atoms with van der Waals surface area (Å²) in [6, 6.07) is 4.19. The number of carboxylic acids is 1. The highest BCUT2D eigenvalue weighted by atomic mass is 16.4. The van der Waals surface area contributed by atoms with Crippen molar-refractivity contribution in [3.8, 4) is 5.75 Å². The van der Waals surface area contributed by atoms with Crippen LogP contribution in [0.4, 0.5) is 5.69 Å². The number of aromatic carboxylic acids is 1. The normalized spacial score (nSPS) is 10.6. The summed E-state index contributed by atoms with van der Waals surface area (Å²) in [4.78, 5) is 22.7. The second kappa shape index (κ2) is 7.49. The van der Waals surface area contributed by atoms with E-state index in [4.69, 9.17) is 5.11 Å². The van der Waals surface area contributed by atoms with Crippen LogP contribution in [0.2, 0.25) is 0 Å². The molecule has 0 radical (unpaired) electrons. The number of phenols is 1. The summed E-state index contributed by atoms with van der Waals surface area (Å²) in [5.41, 5.74) is 0.0655. The lowest BCUT2D eigenvalue weighted by Gasteiger charge is -2.10. The van der Waals surface area contributed by atoms with Crippen molar-refractivity contribution in [2.24, 2.45) is 0 Å². The number of benzene rings is 1. The Hall–Kier alpha value is -2.08. The van der Waals surface area contributed by atoms with Crippen molar-refractivity contribution < 1.29 is 19.8 Å². The lowest BCUT2D eigenvalue weighted by Crippen LogP contribution is -2.25. The van der Waals surface area contributed by atoms with Gasteiger partial charge in [0.1, 0.15) is 5.75 Å². The molecule has 0 spiro atoms. The van der Waals surface area contributed by atoms with E-state index in [9.17, 15) is 14.7 Å². The van der Waals surface area contributed by atoms with E-state index >= 15 is 0 Å². The molecule has 0 unspecified atom stereocenters. The van der Waals surface area contributed by atoms with E-state index in [-0.39, 0.29) is 22.9 Å². The van der Waals surface area contributed by atoms with E-state index in [2.05, 4.69) is 10.6 Å². The number of anilines is 1. The number of hydrogen-bond donors (Lipinski definition) is 4. The second-order valence-corrected chi connectivity index (χ2v) is 4.80. The molecule has 0 heterocycles. The molecule has 6 heteroatoms. The Bertz CT molecular complexity index is 486. The lowest BCUT2D eigenvalue weighted by molar-refractivity contribution is -0.116. The van der Waals surface area contributed by atoms with Crippen LogP contribution in [-0.4, -0.2) is 34.7 Å². The Morgan fingerprint density at radius 1 is 1.30 bits per heavy atom. The monoisotopic (exact) mass is 280 g/mol. The van der Waals surface area contributed by atoms with Gasteiger partial charge in [0.2, 0.25) is 5.91 Å². The molecule has 6 nitrogen and oxygen atoms in total. The minimum absolute atomic E-state index is 0.126. The van der Waals surface area contributed by atoms with E-state index in [1.54, 1.807) is 0 Å². The van der Waals surface area contributed by atoms with E-state index in [0.717, 1.165) is 12.6 Å². The van der Waals surface area contributed by atoms with Crippen molar-refractivity contribution >= 4 is 17.6 Å². The second-order valence-electron chi connectivity index (χ2n) is 4.80. The number of carboxylic acid groups (broad SMARTS) is 1. The van der Waals surface area contributed by atoms with Crippen molar-refractivity contribution in [1.29, 1.82) is 0 Å². The largest absolute Gasteiger partial charge is 0.508 e. The smallest absolute Gasteiger partial charge is 0.337 e. The van der Waals surface area contributed by atoms with Crippen LogP contribution in [0, 0.1) is 0 Å². The molecule has 0 saturated carbocycles. The van der Waals surface area contributed by atoms with Crippen molar-refractivity contribution in [3.05, 3.63) is 23.8 Å². The highest BCUT2D eigenvalue weighted by molar-refractivity contribution is 6.00. The van der Waals surface area contributed by atoms with Crippen LogP contribution in [0.3, 0.4) is 0 Å². The topological polar surface area (TPSA) is 98.7 Å². The molecule has 0 saturated heterocycles. The number of carbonyl (C=O) groups excluding carboxylic acids is 1. The molecule has 4 N–H and O–H groups in total. The Morgan fingerprint density at radius 2 is 2.00 bits per heavy atom. The van der Waals surface area contributed by atoms with Gasteiger partial charge in [-0.25, -0.2) is 4.79 Å². The summed E-state index contributed by atoms with van der Waals surface area (Å²) in [5.74, 6) is -1.59. The number of amides is 1. The number of carbonyl (C=O) groups is 2. The molecule has 0 fully saturated rings. The van der Waals surface area contributed by atoms with Crippen molar-refractivity contribution in [1.82, 2.24) is 5.32 Å². The fourth-order valence-corrected chi connectivity index (χ4v) is 1.67. The van der Waals surface area contributed by atoms with Crippen LogP contribution >= 0.6 is 0 Å². The lowest BCUT2D eigenvalue weighted by atomic mass is 10.1. The number of aromatic hydroxyl groups is 1. The van der Waals surface area contributed by atoms with Gasteiger partial charge in [0.15, 0.2) is 0 Å². The van der Waals surface area contributed by atoms with E-state index in [0.29, 0.717) is 18.9 Å². The third-order valence-corrected chi connectivity index (χ3v) is 2.64. The van der Waals surface area contributed by atoms with E-state index in [1.165, 1.54) is 12.1 Å². The van der Waals surface area contributed by atoms with Gasteiger partial charge >= 0.3 is 5.97 Å². The van der Waals surface area contributed by atoms with Gasteiger partial charge in [0.05, 0.1) is 11.3 Å². The first kappa shape index (κ1) is 16.0. The van der Waals surface area contributed by atoms with Crippen LogP contribution in [0.15, 0.2) is 18.2 Å². The standard InChI is InChI=1S/C14H20N2O4/c1-9(2)15-7-3-4-13(18)16-12-6-5-10(17)8-11(12)14(19)20/h5-6,8-9,15,17H,3-4,7H2,1-2H3,(H,16,18)(H,19,20). The Morgan fingerprint density at radius 3 is 2.60 bits per heavy atom. The average molecular weight is 280 g/mol. The van der Waals surface area contributed by atoms with Gasteiger partial charge < -0.3 is 20.8 Å². The summed E-state index contributed by atoms with van der Waals surface area (Å²) in [6.45, 7) is 4.78. The zero-order chi connectivity index (χ0) is 15.1. The van der Waals surface area contributed by atoms with Crippen LogP contribution in [0.25, 0.3) is 0 Å². The van der Waals surface area contributed by atoms with Gasteiger partial charge in [-0.05, 0) is 31.2 Å². The van der Waals surface area contributed by atoms with Gasteiger partial charge in [-0.15, -0.1) is 0 Å². The van der Waals surface area contributed by atoms with E-state index < -0.39 is 5.97 Å². The number of phenolic OH excluding ortho intramolecular Hbond substituents is 1. The van der Waals surface area contributed by atoms with Gasteiger partial charge in [-0.1, -0.05) is 13.8 Å². The molecule has 0 aliphatic carbocycles. The molecule has 0 aliphatic rings. The minimum Gasteiger partial charge on any atom is -0.508 e. The molecule has 0 aliphatic heterocycles. The van der Waals surface area contributed by atoms with Crippen LogP contribution in [0.5, 0.6) is 5.75 Å². The van der Waals surface area contributed by atoms with Gasteiger partial charge in [-0.3, -0.25) is 4.79 Å². The SMILES string of the molecule is CC(C)NCCCC(=O)Nc1ccc(O)cc1C(=O)O. The molecule has 0 aromatic heterocycles. The third-order valence-electron chi connectivity index (χ3n) is 2.64. The van der Waals surface area contributed by atoms with Crippen LogP contribution in [0.1, 0.15) is 37.0 Å². The van der Waals surface area contributed by atoms with Gasteiger partial charge in [-0.2, -0.15) is 0 Å². The van der Waals surface area contributed by atoms with E-state index in [1.807, 2.05) is 13.8 Å². The molecule has 1 aromatic carbocycles. The van der Waals surface area contributed by atoms with Crippen molar-refractivity contribution in [2.75, 3.05) is 11.9 Å². The summed E-state index contributed by atoms with van der Waals surface area (Å²) in [5, 5.41) is 24.0. The fraction of sp³-hybridized carbons (Fsp3) is 0.429. The predicted octanol–water partition coefficient (Wildman–Crippen LogP) is 1.81. The zero-order valence-corrected chi connectivity index (χ0v) is 11.6. The number of nitrogens with one attached hydrogen (secondary N) is 2.